The smallest absolute Gasteiger partial charge is 0.140 e. The lowest BCUT2D eigenvalue weighted by atomic mass is 10.1. The lowest BCUT2D eigenvalue weighted by Crippen LogP contribution is -2.36. The summed E-state index contributed by atoms with van der Waals surface area (Å²) in [5.74, 6) is 1.53. The van der Waals surface area contributed by atoms with Gasteiger partial charge in [-0.3, -0.25) is 9.97 Å². The molecule has 1 saturated heterocycles. The summed E-state index contributed by atoms with van der Waals surface area (Å²) >= 11 is 0. The molecular weight excluding hydrogens is 512 g/mol. The molecule has 4 aromatic heterocycles. The van der Waals surface area contributed by atoms with Gasteiger partial charge in [-0.15, -0.1) is 0 Å². The Kier molecular flexibility index (Phi) is 6.41. The molecule has 3 N–H and O–H groups in total. The number of nitrogens with one attached hydrogen (secondary N) is 3. The zero-order valence-electron chi connectivity index (χ0n) is 23.0. The second kappa shape index (κ2) is 10.5. The molecule has 1 aliphatic rings. The van der Waals surface area contributed by atoms with Gasteiger partial charge in [0.05, 0.1) is 35.5 Å². The highest BCUT2D eigenvalue weighted by molar-refractivity contribution is 5.95. The van der Waals surface area contributed by atoms with Gasteiger partial charge in [0, 0.05) is 64.9 Å². The molecule has 5 heterocycles. The summed E-state index contributed by atoms with van der Waals surface area (Å²) in [6, 6.07) is 22.6. The van der Waals surface area contributed by atoms with Gasteiger partial charge in [0.1, 0.15) is 11.6 Å². The predicted molar refractivity (Wildman–Crippen MR) is 164 cm³/mol. The molecule has 204 valence electrons. The maximum atomic E-state index is 5.53. The van der Waals surface area contributed by atoms with Crippen molar-refractivity contribution in [3.63, 3.8) is 0 Å². The van der Waals surface area contributed by atoms with Crippen molar-refractivity contribution in [2.24, 2.45) is 0 Å². The standard InChI is InChI=1S/C32H30N8O/c1-20-15-24(9-10-33-20)36-23-4-6-28-30(17-23)39-32(38-28)22-3-8-31(34-19-22)37-29-16-21(2)35-27-7-5-25(18-26(27)29)40-11-13-41-14-12-40/h3-10,15-19H,11-14H2,1-2H3,(H,33,36)(H,38,39)(H,34,35,37). The van der Waals surface area contributed by atoms with E-state index in [4.69, 9.17) is 19.7 Å². The number of pyridine rings is 3. The van der Waals surface area contributed by atoms with Gasteiger partial charge in [0.15, 0.2) is 0 Å². The van der Waals surface area contributed by atoms with E-state index in [0.29, 0.717) is 0 Å². The fourth-order valence-corrected chi connectivity index (χ4v) is 5.22. The molecular formula is C32H30N8O. The van der Waals surface area contributed by atoms with Crippen LogP contribution in [0.25, 0.3) is 33.3 Å². The number of imidazole rings is 1. The Bertz CT molecular complexity index is 1860. The number of aromatic nitrogens is 5. The van der Waals surface area contributed by atoms with Crippen LogP contribution in [0.2, 0.25) is 0 Å². The number of morpholine rings is 1. The molecule has 9 nitrogen and oxygen atoms in total. The number of H-pyrrole nitrogens is 1. The number of ether oxygens (including phenoxy) is 1. The van der Waals surface area contributed by atoms with E-state index in [-0.39, 0.29) is 0 Å². The van der Waals surface area contributed by atoms with E-state index >= 15 is 0 Å². The van der Waals surface area contributed by atoms with Gasteiger partial charge >= 0.3 is 0 Å². The molecule has 2 aromatic carbocycles. The number of aryl methyl sites for hydroxylation is 2. The molecule has 0 radical (unpaired) electrons. The SMILES string of the molecule is Cc1cc(Nc2ccc3[nH]c(-c4ccc(Nc5cc(C)nc6ccc(N7CCOCC7)cc56)nc4)nc3c2)ccn1. The quantitative estimate of drug-likeness (QED) is 0.219. The average Bonchev–Trinajstić information content (AvgIpc) is 3.41. The van der Waals surface area contributed by atoms with Crippen LogP contribution in [0.15, 0.2) is 79.1 Å². The van der Waals surface area contributed by atoms with Crippen molar-refractivity contribution in [1.29, 1.82) is 0 Å². The fourth-order valence-electron chi connectivity index (χ4n) is 5.22. The highest BCUT2D eigenvalue weighted by Gasteiger charge is 2.14. The Balaban J connectivity index is 1.13. The molecule has 9 heteroatoms. The van der Waals surface area contributed by atoms with Crippen LogP contribution in [0.3, 0.4) is 0 Å². The summed E-state index contributed by atoms with van der Waals surface area (Å²) in [5.41, 5.74) is 9.76. The third-order valence-corrected chi connectivity index (χ3v) is 7.26. The van der Waals surface area contributed by atoms with Gasteiger partial charge in [-0.1, -0.05) is 0 Å². The number of rotatable bonds is 6. The highest BCUT2D eigenvalue weighted by atomic mass is 16.5. The third-order valence-electron chi connectivity index (χ3n) is 7.26. The van der Waals surface area contributed by atoms with Gasteiger partial charge in [0.2, 0.25) is 0 Å². The van der Waals surface area contributed by atoms with E-state index in [1.54, 1.807) is 6.20 Å². The number of nitrogens with zero attached hydrogens (tertiary/aromatic N) is 5. The van der Waals surface area contributed by atoms with Crippen LogP contribution in [0.4, 0.5) is 28.6 Å². The first-order valence-electron chi connectivity index (χ1n) is 13.7. The van der Waals surface area contributed by atoms with Crippen LogP contribution < -0.4 is 15.5 Å². The number of fused-ring (bicyclic) bond motifs is 2. The van der Waals surface area contributed by atoms with E-state index in [1.165, 1.54) is 5.69 Å². The maximum absolute atomic E-state index is 5.53. The van der Waals surface area contributed by atoms with Crippen molar-refractivity contribution in [1.82, 2.24) is 24.9 Å². The first-order chi connectivity index (χ1) is 20.1. The summed E-state index contributed by atoms with van der Waals surface area (Å²) in [5, 5.41) is 8.01. The van der Waals surface area contributed by atoms with Crippen molar-refractivity contribution >= 4 is 50.5 Å². The normalized spacial score (nSPS) is 13.6. The zero-order chi connectivity index (χ0) is 27.8. The third kappa shape index (κ3) is 5.27. The monoisotopic (exact) mass is 542 g/mol. The molecule has 7 rings (SSSR count). The van der Waals surface area contributed by atoms with Gasteiger partial charge < -0.3 is 25.3 Å². The van der Waals surface area contributed by atoms with Crippen LogP contribution in [0.5, 0.6) is 0 Å². The number of benzene rings is 2. The molecule has 41 heavy (non-hydrogen) atoms. The number of hydrogen-bond acceptors (Lipinski definition) is 8. The van der Waals surface area contributed by atoms with Crippen molar-refractivity contribution in [3.8, 4) is 11.4 Å². The van der Waals surface area contributed by atoms with E-state index in [2.05, 4.69) is 49.8 Å². The molecule has 1 aliphatic heterocycles. The van der Waals surface area contributed by atoms with Crippen molar-refractivity contribution < 1.29 is 4.74 Å². The van der Waals surface area contributed by atoms with E-state index in [1.807, 2.05) is 62.5 Å². The topological polar surface area (TPSA) is 104 Å². The summed E-state index contributed by atoms with van der Waals surface area (Å²) in [4.78, 5) is 24.3. The summed E-state index contributed by atoms with van der Waals surface area (Å²) in [6.07, 6.45) is 3.64. The molecule has 0 saturated carbocycles. The Hall–Kier alpha value is -5.02. The minimum absolute atomic E-state index is 0.750. The highest BCUT2D eigenvalue weighted by Crippen LogP contribution is 2.31. The predicted octanol–water partition coefficient (Wildman–Crippen LogP) is 6.51. The summed E-state index contributed by atoms with van der Waals surface area (Å²) in [6.45, 7) is 7.27. The molecule has 0 atom stereocenters. The van der Waals surface area contributed by atoms with Gasteiger partial charge in [-0.05, 0) is 80.6 Å². The lowest BCUT2D eigenvalue weighted by molar-refractivity contribution is 0.122. The first-order valence-corrected chi connectivity index (χ1v) is 13.7. The molecule has 0 unspecified atom stereocenters. The minimum atomic E-state index is 0.750. The van der Waals surface area contributed by atoms with Crippen molar-refractivity contribution in [2.75, 3.05) is 41.8 Å². The van der Waals surface area contributed by atoms with Crippen LogP contribution >= 0.6 is 0 Å². The van der Waals surface area contributed by atoms with E-state index in [0.717, 1.165) is 93.9 Å². The molecule has 0 spiro atoms. The van der Waals surface area contributed by atoms with Crippen LogP contribution in [0.1, 0.15) is 11.4 Å². The van der Waals surface area contributed by atoms with Gasteiger partial charge in [-0.25, -0.2) is 9.97 Å². The fraction of sp³-hybridized carbons (Fsp3) is 0.188. The number of anilines is 5. The van der Waals surface area contributed by atoms with Crippen molar-refractivity contribution in [3.05, 3.63) is 90.5 Å². The Morgan fingerprint density at radius 1 is 0.780 bits per heavy atom. The lowest BCUT2D eigenvalue weighted by Gasteiger charge is -2.29. The van der Waals surface area contributed by atoms with Crippen LogP contribution in [-0.4, -0.2) is 51.2 Å². The average molecular weight is 543 g/mol. The van der Waals surface area contributed by atoms with Crippen molar-refractivity contribution in [2.45, 2.75) is 13.8 Å². The van der Waals surface area contributed by atoms with Crippen LogP contribution in [0, 0.1) is 13.8 Å². The molecule has 0 amide bonds. The summed E-state index contributed by atoms with van der Waals surface area (Å²) in [7, 11) is 0. The van der Waals surface area contributed by atoms with E-state index in [9.17, 15) is 0 Å². The number of aromatic amines is 1. The largest absolute Gasteiger partial charge is 0.378 e. The summed E-state index contributed by atoms with van der Waals surface area (Å²) < 4.78 is 5.53. The molecule has 0 bridgehead atoms. The molecule has 0 aliphatic carbocycles. The first kappa shape index (κ1) is 25.0. The second-order valence-corrected chi connectivity index (χ2v) is 10.3. The zero-order valence-corrected chi connectivity index (χ0v) is 23.0. The minimum Gasteiger partial charge on any atom is -0.378 e. The maximum Gasteiger partial charge on any atom is 0.140 e. The Morgan fingerprint density at radius 2 is 1.66 bits per heavy atom. The second-order valence-electron chi connectivity index (χ2n) is 10.3. The Labute approximate surface area is 237 Å². The van der Waals surface area contributed by atoms with Gasteiger partial charge in [0.25, 0.3) is 0 Å². The molecule has 1 fully saturated rings. The molecule has 6 aromatic rings. The van der Waals surface area contributed by atoms with Gasteiger partial charge in [-0.2, -0.15) is 0 Å². The number of hydrogen-bond donors (Lipinski definition) is 3. The van der Waals surface area contributed by atoms with E-state index < -0.39 is 0 Å². The van der Waals surface area contributed by atoms with Crippen LogP contribution in [-0.2, 0) is 4.74 Å². The Morgan fingerprint density at radius 3 is 2.49 bits per heavy atom.